The topological polar surface area (TPSA) is 92.7 Å². The lowest BCUT2D eigenvalue weighted by molar-refractivity contribution is 0.0602. The quantitative estimate of drug-likeness (QED) is 0.551. The summed E-state index contributed by atoms with van der Waals surface area (Å²) in [5, 5.41) is 10.1. The minimum atomic E-state index is -3.69. The number of carbonyl (C=O) groups is 1. The van der Waals surface area contributed by atoms with Gasteiger partial charge >= 0.3 is 5.97 Å². The SMILES string of the molecule is COC(=O)c1sccc1S(=O)(=O)NCCCCCO. The highest BCUT2D eigenvalue weighted by molar-refractivity contribution is 7.89. The summed E-state index contributed by atoms with van der Waals surface area (Å²) in [6.45, 7) is 0.378. The average Bonchev–Trinajstić information content (AvgIpc) is 2.87. The second-order valence-corrected chi connectivity index (χ2v) is 6.44. The number of aliphatic hydroxyl groups excluding tert-OH is 1. The van der Waals surface area contributed by atoms with Crippen molar-refractivity contribution in [3.05, 3.63) is 16.3 Å². The molecule has 1 aromatic rings. The van der Waals surface area contributed by atoms with Crippen molar-refractivity contribution in [2.45, 2.75) is 24.2 Å². The van der Waals surface area contributed by atoms with Gasteiger partial charge in [-0.15, -0.1) is 11.3 Å². The minimum absolute atomic E-state index is 0.0495. The Morgan fingerprint density at radius 1 is 1.42 bits per heavy atom. The van der Waals surface area contributed by atoms with Gasteiger partial charge in [0.2, 0.25) is 10.0 Å². The molecule has 6 nitrogen and oxygen atoms in total. The average molecular weight is 307 g/mol. The molecule has 0 aliphatic heterocycles. The fourth-order valence-corrected chi connectivity index (χ4v) is 3.86. The van der Waals surface area contributed by atoms with Gasteiger partial charge in [0.05, 0.1) is 7.11 Å². The van der Waals surface area contributed by atoms with E-state index >= 15 is 0 Å². The molecule has 108 valence electrons. The van der Waals surface area contributed by atoms with Gasteiger partial charge in [-0.25, -0.2) is 17.9 Å². The van der Waals surface area contributed by atoms with Crippen LogP contribution in [0.5, 0.6) is 0 Å². The van der Waals surface area contributed by atoms with E-state index in [4.69, 9.17) is 5.11 Å². The molecule has 0 amide bonds. The highest BCUT2D eigenvalue weighted by Crippen LogP contribution is 2.22. The first kappa shape index (κ1) is 16.1. The van der Waals surface area contributed by atoms with Crippen molar-refractivity contribution < 1.29 is 23.1 Å². The Labute approximate surface area is 116 Å². The molecule has 0 radical (unpaired) electrons. The third kappa shape index (κ3) is 4.57. The van der Waals surface area contributed by atoms with Crippen molar-refractivity contribution in [2.24, 2.45) is 0 Å². The van der Waals surface area contributed by atoms with E-state index in [-0.39, 0.29) is 22.9 Å². The number of thiophene rings is 1. The maximum absolute atomic E-state index is 12.0. The van der Waals surface area contributed by atoms with Crippen LogP contribution >= 0.6 is 11.3 Å². The van der Waals surface area contributed by atoms with Crippen molar-refractivity contribution in [3.8, 4) is 0 Å². The zero-order valence-electron chi connectivity index (χ0n) is 10.6. The summed E-state index contributed by atoms with van der Waals surface area (Å²) >= 11 is 1.03. The fraction of sp³-hybridized carbons (Fsp3) is 0.545. The molecule has 2 N–H and O–H groups in total. The van der Waals surface area contributed by atoms with Crippen LogP contribution in [-0.4, -0.2) is 39.8 Å². The molecule has 0 aliphatic carbocycles. The van der Waals surface area contributed by atoms with Crippen molar-refractivity contribution >= 4 is 27.3 Å². The van der Waals surface area contributed by atoms with Gasteiger partial charge in [0.25, 0.3) is 0 Å². The van der Waals surface area contributed by atoms with E-state index in [1.54, 1.807) is 0 Å². The van der Waals surface area contributed by atoms with Crippen molar-refractivity contribution in [2.75, 3.05) is 20.3 Å². The van der Waals surface area contributed by atoms with Crippen molar-refractivity contribution in [1.82, 2.24) is 4.72 Å². The summed E-state index contributed by atoms with van der Waals surface area (Å²) < 4.78 is 31.0. The van der Waals surface area contributed by atoms with Crippen LogP contribution in [-0.2, 0) is 14.8 Å². The molecule has 8 heteroatoms. The first-order valence-electron chi connectivity index (χ1n) is 5.79. The molecule has 0 saturated carbocycles. The minimum Gasteiger partial charge on any atom is -0.465 e. The normalized spacial score (nSPS) is 11.5. The molecule has 0 unspecified atom stereocenters. The van der Waals surface area contributed by atoms with Gasteiger partial charge in [-0.3, -0.25) is 0 Å². The molecule has 1 aromatic heterocycles. The molecule has 0 atom stereocenters. The Bertz CT molecular complexity index is 509. The van der Waals surface area contributed by atoms with Crippen LogP contribution in [0.25, 0.3) is 0 Å². The highest BCUT2D eigenvalue weighted by Gasteiger charge is 2.23. The second-order valence-electron chi connectivity index (χ2n) is 3.79. The van der Waals surface area contributed by atoms with Crippen LogP contribution in [0.1, 0.15) is 28.9 Å². The monoisotopic (exact) mass is 307 g/mol. The third-order valence-corrected chi connectivity index (χ3v) is 4.94. The Kier molecular flexibility index (Phi) is 6.43. The predicted octanol–water partition coefficient (Wildman–Crippen LogP) is 0.976. The number of hydrogen-bond donors (Lipinski definition) is 2. The van der Waals surface area contributed by atoms with E-state index in [2.05, 4.69) is 9.46 Å². The van der Waals surface area contributed by atoms with E-state index in [0.717, 1.165) is 17.8 Å². The van der Waals surface area contributed by atoms with Crippen molar-refractivity contribution in [3.63, 3.8) is 0 Å². The fourth-order valence-electron chi connectivity index (χ4n) is 1.45. The van der Waals surface area contributed by atoms with E-state index in [9.17, 15) is 13.2 Å². The number of aliphatic hydroxyl groups is 1. The number of hydrogen-bond acceptors (Lipinski definition) is 6. The number of esters is 1. The largest absolute Gasteiger partial charge is 0.465 e. The number of carbonyl (C=O) groups excluding carboxylic acids is 1. The number of methoxy groups -OCH3 is 1. The maximum atomic E-state index is 12.0. The molecule has 0 aromatic carbocycles. The molecule has 0 fully saturated rings. The number of nitrogens with one attached hydrogen (secondary N) is 1. The number of rotatable bonds is 8. The summed E-state index contributed by atoms with van der Waals surface area (Å²) in [5.41, 5.74) is 0. The number of sulfonamides is 1. The van der Waals surface area contributed by atoms with Gasteiger partial charge in [0, 0.05) is 13.2 Å². The van der Waals surface area contributed by atoms with Gasteiger partial charge < -0.3 is 9.84 Å². The molecular weight excluding hydrogens is 290 g/mol. The zero-order valence-corrected chi connectivity index (χ0v) is 12.2. The lowest BCUT2D eigenvalue weighted by Crippen LogP contribution is -2.26. The van der Waals surface area contributed by atoms with E-state index in [1.165, 1.54) is 18.6 Å². The molecule has 1 heterocycles. The Morgan fingerprint density at radius 3 is 2.79 bits per heavy atom. The maximum Gasteiger partial charge on any atom is 0.349 e. The lowest BCUT2D eigenvalue weighted by atomic mass is 10.2. The highest BCUT2D eigenvalue weighted by atomic mass is 32.2. The molecular formula is C11H17NO5S2. The van der Waals surface area contributed by atoms with Crippen molar-refractivity contribution in [1.29, 1.82) is 0 Å². The molecule has 0 saturated heterocycles. The van der Waals surface area contributed by atoms with Gasteiger partial charge in [0.1, 0.15) is 9.77 Å². The van der Waals surface area contributed by atoms with Gasteiger partial charge in [-0.05, 0) is 30.7 Å². The van der Waals surface area contributed by atoms with E-state index in [1.807, 2.05) is 0 Å². The summed E-state index contributed by atoms with van der Waals surface area (Å²) in [7, 11) is -2.48. The summed E-state index contributed by atoms with van der Waals surface area (Å²) in [4.78, 5) is 11.5. The standard InChI is InChI=1S/C11H17NO5S2/c1-17-11(14)10-9(5-8-18-10)19(15,16)12-6-3-2-4-7-13/h5,8,12-13H,2-4,6-7H2,1H3. The molecule has 0 bridgehead atoms. The first-order valence-corrected chi connectivity index (χ1v) is 8.15. The molecule has 0 aliphatic rings. The van der Waals surface area contributed by atoms with E-state index in [0.29, 0.717) is 12.8 Å². The van der Waals surface area contributed by atoms with Crippen LogP contribution in [0.2, 0.25) is 0 Å². The first-order chi connectivity index (χ1) is 9.03. The van der Waals surface area contributed by atoms with Crippen LogP contribution in [0, 0.1) is 0 Å². The Morgan fingerprint density at radius 2 is 2.16 bits per heavy atom. The molecule has 0 spiro atoms. The van der Waals surface area contributed by atoms with Gasteiger partial charge in [-0.1, -0.05) is 0 Å². The Hall–Kier alpha value is -0.960. The smallest absolute Gasteiger partial charge is 0.349 e. The lowest BCUT2D eigenvalue weighted by Gasteiger charge is -2.06. The summed E-state index contributed by atoms with van der Waals surface area (Å²) in [5.74, 6) is -0.657. The molecule has 19 heavy (non-hydrogen) atoms. The van der Waals surface area contributed by atoms with Crippen LogP contribution < -0.4 is 4.72 Å². The number of ether oxygens (including phenoxy) is 1. The third-order valence-electron chi connectivity index (χ3n) is 2.42. The van der Waals surface area contributed by atoms with E-state index < -0.39 is 16.0 Å². The van der Waals surface area contributed by atoms with Crippen LogP contribution in [0.15, 0.2) is 16.3 Å². The van der Waals surface area contributed by atoms with Crippen LogP contribution in [0.3, 0.4) is 0 Å². The van der Waals surface area contributed by atoms with Crippen LogP contribution in [0.4, 0.5) is 0 Å². The van der Waals surface area contributed by atoms with Gasteiger partial charge in [0.15, 0.2) is 0 Å². The Balaban J connectivity index is 2.67. The van der Waals surface area contributed by atoms with Gasteiger partial charge in [-0.2, -0.15) is 0 Å². The zero-order chi connectivity index (χ0) is 14.3. The summed E-state index contributed by atoms with van der Waals surface area (Å²) in [6.07, 6.45) is 2.03. The predicted molar refractivity (Wildman–Crippen MR) is 71.8 cm³/mol. The summed E-state index contributed by atoms with van der Waals surface area (Å²) in [6, 6.07) is 1.38. The molecule has 1 rings (SSSR count). The number of unbranched alkanes of at least 4 members (excludes halogenated alkanes) is 2. The second kappa shape index (κ2) is 7.59.